The normalized spacial score (nSPS) is 25.2. The molecule has 1 saturated carbocycles. The van der Waals surface area contributed by atoms with Gasteiger partial charge in [-0.1, -0.05) is 11.6 Å². The van der Waals surface area contributed by atoms with Crippen LogP contribution in [0.3, 0.4) is 0 Å². The van der Waals surface area contributed by atoms with Crippen molar-refractivity contribution in [1.29, 1.82) is 0 Å². The molecule has 1 aromatic carbocycles. The summed E-state index contributed by atoms with van der Waals surface area (Å²) in [5, 5.41) is 18.4. The summed E-state index contributed by atoms with van der Waals surface area (Å²) >= 11 is 6.08. The molecule has 1 saturated heterocycles. The van der Waals surface area contributed by atoms with Crippen LogP contribution in [0.2, 0.25) is 5.02 Å². The van der Waals surface area contributed by atoms with Crippen LogP contribution in [-0.4, -0.2) is 52.3 Å². The number of carboxylic acid groups (broad SMARTS) is 1. The number of amides is 1. The Balaban J connectivity index is 1.28. The quantitative estimate of drug-likeness (QED) is 0.693. The maximum Gasteiger partial charge on any atom is 0.407 e. The van der Waals surface area contributed by atoms with E-state index in [2.05, 4.69) is 15.6 Å². The van der Waals surface area contributed by atoms with Crippen molar-refractivity contribution in [3.63, 3.8) is 0 Å². The summed E-state index contributed by atoms with van der Waals surface area (Å²) in [7, 11) is 0. The minimum atomic E-state index is -0.789. The number of halogens is 1. The highest BCUT2D eigenvalue weighted by Crippen LogP contribution is 2.28. The summed E-state index contributed by atoms with van der Waals surface area (Å²) in [4.78, 5) is 17.3. The molecule has 3 N–H and O–H groups in total. The average Bonchev–Trinajstić information content (AvgIpc) is 3.16. The first kappa shape index (κ1) is 19.3. The Kier molecular flexibility index (Phi) is 5.87. The van der Waals surface area contributed by atoms with Gasteiger partial charge < -0.3 is 20.6 Å². The SMILES string of the molecule is O=C(O)N1CCC[C@@H]1CNC1CCC(Nc2ccnc3cc(Cl)ccc23)CC1. The molecule has 4 rings (SSSR count). The molecule has 0 unspecified atom stereocenters. The standard InChI is InChI=1S/C21H27ClN4O2/c22-14-3-8-18-19(9-10-23-20(18)12-14)25-16-6-4-15(5-7-16)24-13-17-2-1-11-26(17)21(27)28/h3,8-10,12,15-17,24H,1-2,4-7,11,13H2,(H,23,25)(H,27,28)/t15?,16?,17-/m1/s1. The van der Waals surface area contributed by atoms with Crippen LogP contribution in [0.5, 0.6) is 0 Å². The molecular formula is C21H27ClN4O2. The largest absolute Gasteiger partial charge is 0.465 e. The van der Waals surface area contributed by atoms with E-state index in [1.54, 1.807) is 4.90 Å². The predicted octanol–water partition coefficient (Wildman–Crippen LogP) is 4.34. The van der Waals surface area contributed by atoms with Gasteiger partial charge in [0.1, 0.15) is 0 Å². The molecule has 6 nitrogen and oxygen atoms in total. The van der Waals surface area contributed by atoms with Gasteiger partial charge in [-0.2, -0.15) is 0 Å². The highest BCUT2D eigenvalue weighted by Gasteiger charge is 2.29. The van der Waals surface area contributed by atoms with Crippen molar-refractivity contribution in [2.45, 2.75) is 56.7 Å². The van der Waals surface area contributed by atoms with Gasteiger partial charge in [-0.15, -0.1) is 0 Å². The van der Waals surface area contributed by atoms with Crippen molar-refractivity contribution in [2.75, 3.05) is 18.4 Å². The van der Waals surface area contributed by atoms with Gasteiger partial charge in [-0.3, -0.25) is 4.98 Å². The van der Waals surface area contributed by atoms with Crippen molar-refractivity contribution >= 4 is 34.3 Å². The van der Waals surface area contributed by atoms with E-state index < -0.39 is 6.09 Å². The third-order valence-corrected chi connectivity index (χ3v) is 6.29. The number of fused-ring (bicyclic) bond motifs is 1. The third-order valence-electron chi connectivity index (χ3n) is 6.06. The minimum absolute atomic E-state index is 0.128. The van der Waals surface area contributed by atoms with Crippen LogP contribution in [0.25, 0.3) is 10.9 Å². The number of carbonyl (C=O) groups is 1. The molecule has 0 radical (unpaired) electrons. The van der Waals surface area contributed by atoms with Crippen LogP contribution in [0.1, 0.15) is 38.5 Å². The Morgan fingerprint density at radius 2 is 1.96 bits per heavy atom. The lowest BCUT2D eigenvalue weighted by molar-refractivity contribution is 0.138. The zero-order valence-corrected chi connectivity index (χ0v) is 16.7. The lowest BCUT2D eigenvalue weighted by Crippen LogP contribution is -2.45. The fourth-order valence-electron chi connectivity index (χ4n) is 4.51. The number of hydrogen-bond acceptors (Lipinski definition) is 4. The summed E-state index contributed by atoms with van der Waals surface area (Å²) in [6.07, 6.45) is 7.38. The Morgan fingerprint density at radius 1 is 1.18 bits per heavy atom. The van der Waals surface area contributed by atoms with E-state index >= 15 is 0 Å². The number of anilines is 1. The third kappa shape index (κ3) is 4.33. The number of hydrogen-bond donors (Lipinski definition) is 3. The van der Waals surface area contributed by atoms with Crippen molar-refractivity contribution in [3.05, 3.63) is 35.5 Å². The minimum Gasteiger partial charge on any atom is -0.465 e. The second kappa shape index (κ2) is 8.53. The fraction of sp³-hybridized carbons (Fsp3) is 0.524. The number of rotatable bonds is 5. The summed E-state index contributed by atoms with van der Waals surface area (Å²) in [6, 6.07) is 8.90. The first-order valence-electron chi connectivity index (χ1n) is 10.1. The first-order chi connectivity index (χ1) is 13.6. The Bertz CT molecular complexity index is 838. The number of nitrogens with one attached hydrogen (secondary N) is 2. The van der Waals surface area contributed by atoms with Gasteiger partial charge >= 0.3 is 6.09 Å². The van der Waals surface area contributed by atoms with E-state index in [4.69, 9.17) is 11.6 Å². The molecule has 150 valence electrons. The first-order valence-corrected chi connectivity index (χ1v) is 10.5. The van der Waals surface area contributed by atoms with Gasteiger partial charge in [0, 0.05) is 53.5 Å². The maximum absolute atomic E-state index is 11.3. The van der Waals surface area contributed by atoms with Crippen molar-refractivity contribution in [1.82, 2.24) is 15.2 Å². The Labute approximate surface area is 170 Å². The number of nitrogens with zero attached hydrogens (tertiary/aromatic N) is 2. The van der Waals surface area contributed by atoms with Gasteiger partial charge in [-0.25, -0.2) is 4.79 Å². The lowest BCUT2D eigenvalue weighted by atomic mass is 9.90. The topological polar surface area (TPSA) is 77.5 Å². The van der Waals surface area contributed by atoms with Gasteiger partial charge in [0.15, 0.2) is 0 Å². The monoisotopic (exact) mass is 402 g/mol. The molecule has 1 atom stereocenters. The van der Waals surface area contributed by atoms with Crippen LogP contribution < -0.4 is 10.6 Å². The number of likely N-dealkylation sites (tertiary alicyclic amines) is 1. The molecule has 28 heavy (non-hydrogen) atoms. The molecular weight excluding hydrogens is 376 g/mol. The molecule has 1 aromatic heterocycles. The summed E-state index contributed by atoms with van der Waals surface area (Å²) in [6.45, 7) is 1.44. The summed E-state index contributed by atoms with van der Waals surface area (Å²) in [5.74, 6) is 0. The smallest absolute Gasteiger partial charge is 0.407 e. The van der Waals surface area contributed by atoms with E-state index in [0.29, 0.717) is 23.7 Å². The van der Waals surface area contributed by atoms with Gasteiger partial charge in [0.2, 0.25) is 0 Å². The van der Waals surface area contributed by atoms with E-state index in [9.17, 15) is 9.90 Å². The second-order valence-corrected chi connectivity index (χ2v) is 8.33. The molecule has 2 aromatic rings. The van der Waals surface area contributed by atoms with E-state index in [1.807, 2.05) is 30.5 Å². The molecule has 7 heteroatoms. The van der Waals surface area contributed by atoms with Crippen LogP contribution in [0.4, 0.5) is 10.5 Å². The lowest BCUT2D eigenvalue weighted by Gasteiger charge is -2.32. The Morgan fingerprint density at radius 3 is 2.75 bits per heavy atom. The fourth-order valence-corrected chi connectivity index (χ4v) is 4.68. The highest BCUT2D eigenvalue weighted by atomic mass is 35.5. The molecule has 0 bridgehead atoms. The molecule has 2 fully saturated rings. The molecule has 2 aliphatic rings. The molecule has 1 amide bonds. The van der Waals surface area contributed by atoms with E-state index in [0.717, 1.165) is 61.7 Å². The molecule has 1 aliphatic heterocycles. The molecule has 0 spiro atoms. The molecule has 2 heterocycles. The summed E-state index contributed by atoms with van der Waals surface area (Å²) < 4.78 is 0. The van der Waals surface area contributed by atoms with Crippen molar-refractivity contribution in [2.24, 2.45) is 0 Å². The zero-order valence-electron chi connectivity index (χ0n) is 15.9. The highest BCUT2D eigenvalue weighted by molar-refractivity contribution is 6.31. The second-order valence-electron chi connectivity index (χ2n) is 7.89. The van der Waals surface area contributed by atoms with Gasteiger partial charge in [0.25, 0.3) is 0 Å². The van der Waals surface area contributed by atoms with E-state index in [1.165, 1.54) is 0 Å². The van der Waals surface area contributed by atoms with Crippen LogP contribution in [0, 0.1) is 0 Å². The average molecular weight is 403 g/mol. The van der Waals surface area contributed by atoms with E-state index in [-0.39, 0.29) is 6.04 Å². The predicted molar refractivity (Wildman–Crippen MR) is 112 cm³/mol. The van der Waals surface area contributed by atoms with Crippen molar-refractivity contribution < 1.29 is 9.90 Å². The maximum atomic E-state index is 11.3. The zero-order chi connectivity index (χ0) is 19.5. The number of benzene rings is 1. The Hall–Kier alpha value is -2.05. The van der Waals surface area contributed by atoms with Gasteiger partial charge in [0.05, 0.1) is 5.52 Å². The molecule has 1 aliphatic carbocycles. The number of aromatic nitrogens is 1. The van der Waals surface area contributed by atoms with Crippen LogP contribution in [-0.2, 0) is 0 Å². The van der Waals surface area contributed by atoms with Gasteiger partial charge in [-0.05, 0) is 62.8 Å². The van der Waals surface area contributed by atoms with Crippen LogP contribution in [0.15, 0.2) is 30.5 Å². The number of pyridine rings is 1. The van der Waals surface area contributed by atoms with Crippen molar-refractivity contribution in [3.8, 4) is 0 Å². The summed E-state index contributed by atoms with van der Waals surface area (Å²) in [5.41, 5.74) is 2.02. The van der Waals surface area contributed by atoms with Crippen LogP contribution >= 0.6 is 11.6 Å².